The van der Waals surface area contributed by atoms with E-state index in [2.05, 4.69) is 10.1 Å². The van der Waals surface area contributed by atoms with Crippen LogP contribution >= 0.6 is 0 Å². The Morgan fingerprint density at radius 2 is 1.63 bits per heavy atom. The number of anilines is 1. The van der Waals surface area contributed by atoms with E-state index in [1.807, 2.05) is 24.3 Å². The number of benzene rings is 2. The maximum Gasteiger partial charge on any atom is 0.330 e. The molecule has 0 bridgehead atoms. The third-order valence-corrected chi connectivity index (χ3v) is 3.71. The number of ketones is 2. The van der Waals surface area contributed by atoms with Crippen molar-refractivity contribution in [3.05, 3.63) is 66.3 Å². The monoisotopic (exact) mass is 365 g/mol. The molecule has 138 valence electrons. The molecular weight excluding hydrogens is 346 g/mol. The van der Waals surface area contributed by atoms with Crippen molar-refractivity contribution in [2.45, 2.75) is 13.3 Å². The largest absolute Gasteiger partial charge is 0.466 e. The maximum absolute atomic E-state index is 12.1. The highest BCUT2D eigenvalue weighted by molar-refractivity contribution is 6.09. The molecule has 1 N–H and O–H groups in total. The van der Waals surface area contributed by atoms with E-state index in [9.17, 15) is 19.2 Å². The minimum Gasteiger partial charge on any atom is -0.466 e. The summed E-state index contributed by atoms with van der Waals surface area (Å²) >= 11 is 0. The van der Waals surface area contributed by atoms with Gasteiger partial charge in [0.05, 0.1) is 7.11 Å². The number of rotatable bonds is 7. The number of ether oxygens (including phenoxy) is 1. The summed E-state index contributed by atoms with van der Waals surface area (Å²) in [6, 6.07) is 10.8. The van der Waals surface area contributed by atoms with E-state index in [1.54, 1.807) is 12.1 Å². The minimum absolute atomic E-state index is 0.104. The second-order valence-electron chi connectivity index (χ2n) is 5.75. The van der Waals surface area contributed by atoms with Crippen molar-refractivity contribution in [3.8, 4) is 0 Å². The van der Waals surface area contributed by atoms with Gasteiger partial charge < -0.3 is 10.1 Å². The molecule has 0 aliphatic rings. The molecule has 0 aliphatic carbocycles. The number of hydrogen-bond acceptors (Lipinski definition) is 5. The fourth-order valence-corrected chi connectivity index (χ4v) is 2.47. The maximum atomic E-state index is 12.1. The number of fused-ring (bicyclic) bond motifs is 1. The second-order valence-corrected chi connectivity index (χ2v) is 5.75. The van der Waals surface area contributed by atoms with Gasteiger partial charge in [0.2, 0.25) is 5.91 Å². The number of carbonyl (C=O) groups is 4. The molecule has 2 aromatic rings. The van der Waals surface area contributed by atoms with Gasteiger partial charge in [-0.05, 0) is 36.1 Å². The Labute approximate surface area is 156 Å². The Kier molecular flexibility index (Phi) is 6.77. The Morgan fingerprint density at radius 3 is 2.30 bits per heavy atom. The number of esters is 1. The van der Waals surface area contributed by atoms with Crippen LogP contribution in [0.4, 0.5) is 5.69 Å². The third kappa shape index (κ3) is 5.74. The van der Waals surface area contributed by atoms with Crippen molar-refractivity contribution in [3.63, 3.8) is 0 Å². The Balaban J connectivity index is 2.27. The molecule has 0 saturated carbocycles. The van der Waals surface area contributed by atoms with E-state index in [0.717, 1.165) is 22.4 Å². The zero-order valence-electron chi connectivity index (χ0n) is 15.0. The lowest BCUT2D eigenvalue weighted by Crippen LogP contribution is -2.09. The first-order valence-electron chi connectivity index (χ1n) is 8.20. The van der Waals surface area contributed by atoms with E-state index in [0.29, 0.717) is 5.69 Å². The van der Waals surface area contributed by atoms with Crippen molar-refractivity contribution in [1.82, 2.24) is 0 Å². The minimum atomic E-state index is -0.593. The average Bonchev–Trinajstić information content (AvgIpc) is 2.66. The molecule has 2 rings (SSSR count). The summed E-state index contributed by atoms with van der Waals surface area (Å²) in [5.74, 6) is -1.47. The Bertz CT molecular complexity index is 956. The van der Waals surface area contributed by atoms with E-state index >= 15 is 0 Å². The van der Waals surface area contributed by atoms with Gasteiger partial charge in [-0.1, -0.05) is 30.3 Å². The Hall–Kier alpha value is -3.54. The normalized spacial score (nSPS) is 11.0. The van der Waals surface area contributed by atoms with Crippen LogP contribution in [0.15, 0.2) is 60.7 Å². The molecule has 0 heterocycles. The number of carbonyl (C=O) groups excluding carboxylic acids is 4. The molecular formula is C21H19NO5. The van der Waals surface area contributed by atoms with Crippen LogP contribution in [-0.2, 0) is 30.3 Å². The van der Waals surface area contributed by atoms with Crippen LogP contribution in [0, 0.1) is 0 Å². The summed E-state index contributed by atoms with van der Waals surface area (Å²) in [6.45, 7) is 1.36. The van der Waals surface area contributed by atoms with Crippen molar-refractivity contribution in [2.24, 2.45) is 0 Å². The van der Waals surface area contributed by atoms with Crippen LogP contribution < -0.4 is 5.32 Å². The van der Waals surface area contributed by atoms with Crippen molar-refractivity contribution in [1.29, 1.82) is 0 Å². The topological polar surface area (TPSA) is 89.5 Å². The van der Waals surface area contributed by atoms with Gasteiger partial charge in [0.25, 0.3) is 0 Å². The van der Waals surface area contributed by atoms with Gasteiger partial charge in [0.1, 0.15) is 0 Å². The van der Waals surface area contributed by atoms with Gasteiger partial charge in [-0.25, -0.2) is 4.79 Å². The summed E-state index contributed by atoms with van der Waals surface area (Å²) in [4.78, 5) is 46.1. The summed E-state index contributed by atoms with van der Waals surface area (Å²) in [5.41, 5.74) is 1.34. The molecule has 0 fully saturated rings. The molecule has 2 aromatic carbocycles. The van der Waals surface area contributed by atoms with Gasteiger partial charge in [0, 0.05) is 29.6 Å². The zero-order valence-corrected chi connectivity index (χ0v) is 15.0. The molecule has 0 aliphatic heterocycles. The van der Waals surface area contributed by atoms with Crippen LogP contribution in [0.25, 0.3) is 10.8 Å². The Morgan fingerprint density at radius 1 is 0.926 bits per heavy atom. The third-order valence-electron chi connectivity index (χ3n) is 3.71. The molecule has 27 heavy (non-hydrogen) atoms. The molecule has 0 saturated heterocycles. The van der Waals surface area contributed by atoms with Gasteiger partial charge in [0.15, 0.2) is 11.6 Å². The lowest BCUT2D eigenvalue weighted by atomic mass is 9.99. The van der Waals surface area contributed by atoms with Crippen molar-refractivity contribution >= 4 is 39.9 Å². The van der Waals surface area contributed by atoms with Gasteiger partial charge in [-0.2, -0.15) is 0 Å². The summed E-state index contributed by atoms with van der Waals surface area (Å²) < 4.78 is 4.46. The van der Waals surface area contributed by atoms with E-state index in [4.69, 9.17) is 0 Å². The predicted octanol–water partition coefficient (Wildman–Crippen LogP) is 2.76. The van der Waals surface area contributed by atoms with Crippen LogP contribution in [0.2, 0.25) is 0 Å². The average molecular weight is 365 g/mol. The SMILES string of the molecule is COC(=O)/C=C\C(=O)Cc1ccc(NC(=O)/C=C\C(C)=O)c2ccccc12. The first-order valence-corrected chi connectivity index (χ1v) is 8.20. The lowest BCUT2D eigenvalue weighted by Gasteiger charge is -2.11. The first-order chi connectivity index (χ1) is 12.9. The van der Waals surface area contributed by atoms with Gasteiger partial charge >= 0.3 is 5.97 Å². The van der Waals surface area contributed by atoms with Crippen LogP contribution in [-0.4, -0.2) is 30.6 Å². The molecule has 1 amide bonds. The van der Waals surface area contributed by atoms with Crippen LogP contribution in [0.3, 0.4) is 0 Å². The summed E-state index contributed by atoms with van der Waals surface area (Å²) in [6.07, 6.45) is 4.74. The number of hydrogen-bond donors (Lipinski definition) is 1. The van der Waals surface area contributed by atoms with Gasteiger partial charge in [-0.15, -0.1) is 0 Å². The molecule has 6 heteroatoms. The standard InChI is InChI=1S/C21H19NO5/c1-14(23)7-11-20(25)22-19-10-8-15(17-5-3-4-6-18(17)19)13-16(24)9-12-21(26)27-2/h3-12H,13H2,1-2H3,(H,22,25)/b11-7-,12-9-. The van der Waals surface area contributed by atoms with Crippen molar-refractivity contribution < 1.29 is 23.9 Å². The smallest absolute Gasteiger partial charge is 0.330 e. The fourth-order valence-electron chi connectivity index (χ4n) is 2.47. The highest BCUT2D eigenvalue weighted by atomic mass is 16.5. The van der Waals surface area contributed by atoms with E-state index in [1.165, 1.54) is 32.3 Å². The number of methoxy groups -OCH3 is 1. The first kappa shape index (κ1) is 19.8. The lowest BCUT2D eigenvalue weighted by molar-refractivity contribution is -0.135. The second kappa shape index (κ2) is 9.24. The molecule has 0 aromatic heterocycles. The predicted molar refractivity (Wildman–Crippen MR) is 102 cm³/mol. The molecule has 0 unspecified atom stereocenters. The summed E-state index contributed by atoms with van der Waals surface area (Å²) in [7, 11) is 1.24. The quantitative estimate of drug-likeness (QED) is 0.602. The molecule has 0 spiro atoms. The fraction of sp³-hybridized carbons (Fsp3) is 0.143. The highest BCUT2D eigenvalue weighted by Crippen LogP contribution is 2.27. The van der Waals surface area contributed by atoms with E-state index < -0.39 is 11.9 Å². The van der Waals surface area contributed by atoms with Crippen molar-refractivity contribution in [2.75, 3.05) is 12.4 Å². The molecule has 6 nitrogen and oxygen atoms in total. The van der Waals surface area contributed by atoms with Crippen LogP contribution in [0.5, 0.6) is 0 Å². The van der Waals surface area contributed by atoms with Gasteiger partial charge in [-0.3, -0.25) is 14.4 Å². The zero-order chi connectivity index (χ0) is 19.8. The number of nitrogens with one attached hydrogen (secondary N) is 1. The highest BCUT2D eigenvalue weighted by Gasteiger charge is 2.10. The van der Waals surface area contributed by atoms with E-state index in [-0.39, 0.29) is 18.0 Å². The van der Waals surface area contributed by atoms with Crippen LogP contribution in [0.1, 0.15) is 12.5 Å². The number of amides is 1. The molecule has 0 atom stereocenters. The molecule has 0 radical (unpaired) electrons. The number of allylic oxidation sites excluding steroid dienone is 2. The summed E-state index contributed by atoms with van der Waals surface area (Å²) in [5, 5.41) is 4.31.